The molecule has 0 radical (unpaired) electrons. The second-order valence-electron chi connectivity index (χ2n) is 8.09. The number of nitrogens with one attached hydrogen (secondary N) is 2. The van der Waals surface area contributed by atoms with E-state index in [1.54, 1.807) is 49.6 Å². The Kier molecular flexibility index (Phi) is 8.21. The van der Waals surface area contributed by atoms with Gasteiger partial charge < -0.3 is 10.1 Å². The number of ether oxygens (including phenoxy) is 1. The summed E-state index contributed by atoms with van der Waals surface area (Å²) in [5.41, 5.74) is 2.94. The van der Waals surface area contributed by atoms with Gasteiger partial charge in [-0.1, -0.05) is 23.5 Å². The molecule has 4 rings (SSSR count). The van der Waals surface area contributed by atoms with Crippen molar-refractivity contribution in [2.45, 2.75) is 25.3 Å². The van der Waals surface area contributed by atoms with Gasteiger partial charge in [0, 0.05) is 43.4 Å². The minimum Gasteiger partial charge on any atom is -0.374 e. The molecule has 12 heteroatoms. The third kappa shape index (κ3) is 6.94. The van der Waals surface area contributed by atoms with Gasteiger partial charge >= 0.3 is 0 Å². The van der Waals surface area contributed by atoms with Crippen LogP contribution in [0.4, 0.5) is 16.9 Å². The number of aryl methyl sites for hydroxylation is 1. The summed E-state index contributed by atoms with van der Waals surface area (Å²) in [7, 11) is -3.26. The first-order valence-electron chi connectivity index (χ1n) is 11.4. The van der Waals surface area contributed by atoms with Crippen LogP contribution in [0.3, 0.4) is 0 Å². The van der Waals surface area contributed by atoms with E-state index in [-0.39, 0.29) is 17.3 Å². The lowest BCUT2D eigenvalue weighted by atomic mass is 10.2. The number of rotatable bonds is 11. The monoisotopic (exact) mass is 538 g/mol. The van der Waals surface area contributed by atoms with Crippen molar-refractivity contribution in [1.82, 2.24) is 19.9 Å². The molecule has 0 spiro atoms. The Hall–Kier alpha value is -3.74. The van der Waals surface area contributed by atoms with Crippen LogP contribution in [-0.4, -0.2) is 53.6 Å². The Morgan fingerprint density at radius 2 is 1.89 bits per heavy atom. The van der Waals surface area contributed by atoms with Gasteiger partial charge in [-0.25, -0.2) is 18.4 Å². The number of benzene rings is 1. The molecule has 10 nitrogen and oxygen atoms in total. The molecule has 0 bridgehead atoms. The SMILES string of the molecule is CCOCC(=O)c1sc(Nc2nc(NCc3ccc(S(C)(=O)=O)cc3)cc(-c3cccnc3)n2)nc1C. The van der Waals surface area contributed by atoms with Gasteiger partial charge in [-0.15, -0.1) is 0 Å². The first-order chi connectivity index (χ1) is 17.7. The van der Waals surface area contributed by atoms with E-state index in [1.165, 1.54) is 17.6 Å². The first kappa shape index (κ1) is 26.3. The zero-order valence-corrected chi connectivity index (χ0v) is 22.2. The number of hydrogen-bond acceptors (Lipinski definition) is 11. The van der Waals surface area contributed by atoms with Gasteiger partial charge in [-0.2, -0.15) is 4.98 Å². The van der Waals surface area contributed by atoms with Gasteiger partial charge in [0.05, 0.1) is 21.2 Å². The third-order valence-corrected chi connectivity index (χ3v) is 7.46. The minimum absolute atomic E-state index is 0.00516. The van der Waals surface area contributed by atoms with Gasteiger partial charge in [0.2, 0.25) is 5.95 Å². The third-order valence-electron chi connectivity index (χ3n) is 5.21. The van der Waals surface area contributed by atoms with Crippen molar-refractivity contribution < 1.29 is 17.9 Å². The lowest BCUT2D eigenvalue weighted by Gasteiger charge is -2.11. The highest BCUT2D eigenvalue weighted by Gasteiger charge is 2.17. The Morgan fingerprint density at radius 3 is 2.57 bits per heavy atom. The average molecular weight is 539 g/mol. The van der Waals surface area contributed by atoms with Crippen LogP contribution in [0, 0.1) is 6.92 Å². The molecule has 0 aliphatic heterocycles. The number of Topliss-reactive ketones (excluding diaryl/α,β-unsaturated/α-hetero) is 1. The van der Waals surface area contributed by atoms with E-state index in [4.69, 9.17) is 4.74 Å². The zero-order chi connectivity index (χ0) is 26.4. The summed E-state index contributed by atoms with van der Waals surface area (Å²) in [6.45, 7) is 4.49. The van der Waals surface area contributed by atoms with Crippen LogP contribution in [0.5, 0.6) is 0 Å². The van der Waals surface area contributed by atoms with Gasteiger partial charge in [-0.3, -0.25) is 15.1 Å². The van der Waals surface area contributed by atoms with Crippen molar-refractivity contribution in [3.05, 3.63) is 71.0 Å². The lowest BCUT2D eigenvalue weighted by Crippen LogP contribution is -2.08. The molecule has 1 aromatic carbocycles. The van der Waals surface area contributed by atoms with Crippen molar-refractivity contribution in [1.29, 1.82) is 0 Å². The summed E-state index contributed by atoms with van der Waals surface area (Å²) in [5, 5.41) is 6.87. The fourth-order valence-electron chi connectivity index (χ4n) is 3.37. The van der Waals surface area contributed by atoms with Crippen molar-refractivity contribution >= 4 is 43.9 Å². The van der Waals surface area contributed by atoms with Crippen LogP contribution in [0.2, 0.25) is 0 Å². The maximum atomic E-state index is 12.4. The lowest BCUT2D eigenvalue weighted by molar-refractivity contribution is 0.0786. The van der Waals surface area contributed by atoms with E-state index in [0.717, 1.165) is 11.1 Å². The number of sulfone groups is 1. The molecule has 0 saturated heterocycles. The summed E-state index contributed by atoms with van der Waals surface area (Å²) in [6, 6.07) is 12.2. The molecule has 0 amide bonds. The summed E-state index contributed by atoms with van der Waals surface area (Å²) >= 11 is 1.22. The molecule has 3 heterocycles. The number of hydrogen-bond donors (Lipinski definition) is 2. The molecular weight excluding hydrogens is 512 g/mol. The molecule has 0 aliphatic rings. The molecule has 0 saturated carbocycles. The average Bonchev–Trinajstić information content (AvgIpc) is 3.26. The van der Waals surface area contributed by atoms with E-state index in [1.807, 2.05) is 19.1 Å². The molecule has 37 heavy (non-hydrogen) atoms. The number of anilines is 3. The maximum absolute atomic E-state index is 12.4. The molecular formula is C25H26N6O4S2. The highest BCUT2D eigenvalue weighted by molar-refractivity contribution is 7.90. The largest absolute Gasteiger partial charge is 0.374 e. The highest BCUT2D eigenvalue weighted by atomic mass is 32.2. The van der Waals surface area contributed by atoms with E-state index in [2.05, 4.69) is 30.6 Å². The molecule has 2 N–H and O–H groups in total. The Bertz CT molecular complexity index is 1490. The topological polar surface area (TPSA) is 136 Å². The Balaban J connectivity index is 1.58. The van der Waals surface area contributed by atoms with Gasteiger partial charge in [0.15, 0.2) is 20.8 Å². The fourth-order valence-corrected chi connectivity index (χ4v) is 4.88. The standard InChI is InChI=1S/C25H26N6O4S2/c1-4-35-15-21(32)23-16(2)28-25(36-23)31-24-29-20(18-6-5-11-26-14-18)12-22(30-24)27-13-17-7-9-19(10-8-17)37(3,33)34/h5-12,14H,4,13,15H2,1-3H3,(H2,27,28,29,30,31). The van der Waals surface area contributed by atoms with E-state index >= 15 is 0 Å². The fraction of sp³-hybridized carbons (Fsp3) is 0.240. The second kappa shape index (κ2) is 11.5. The van der Waals surface area contributed by atoms with Crippen molar-refractivity contribution in [2.24, 2.45) is 0 Å². The number of nitrogens with zero attached hydrogens (tertiary/aromatic N) is 4. The van der Waals surface area contributed by atoms with Gasteiger partial charge in [0.1, 0.15) is 12.4 Å². The summed E-state index contributed by atoms with van der Waals surface area (Å²) < 4.78 is 28.7. The molecule has 3 aromatic heterocycles. The number of aromatic nitrogens is 4. The predicted octanol–water partition coefficient (Wildman–Crippen LogP) is 4.28. The molecule has 4 aromatic rings. The van der Waals surface area contributed by atoms with Gasteiger partial charge in [-0.05, 0) is 43.7 Å². The zero-order valence-electron chi connectivity index (χ0n) is 20.6. The maximum Gasteiger partial charge on any atom is 0.231 e. The Labute approximate surface area is 219 Å². The quantitative estimate of drug-likeness (QED) is 0.266. The number of thiazole rings is 1. The van der Waals surface area contributed by atoms with Gasteiger partial charge in [0.25, 0.3) is 0 Å². The van der Waals surface area contributed by atoms with E-state index in [9.17, 15) is 13.2 Å². The van der Waals surface area contributed by atoms with E-state index < -0.39 is 9.84 Å². The summed E-state index contributed by atoms with van der Waals surface area (Å²) in [6.07, 6.45) is 4.57. The van der Waals surface area contributed by atoms with Crippen LogP contribution < -0.4 is 10.6 Å². The number of pyridine rings is 1. The first-order valence-corrected chi connectivity index (χ1v) is 14.1. The normalized spacial score (nSPS) is 11.3. The van der Waals surface area contributed by atoms with Crippen LogP contribution in [0.15, 0.2) is 59.8 Å². The second-order valence-corrected chi connectivity index (χ2v) is 11.1. The minimum atomic E-state index is -3.26. The number of carbonyl (C=O) groups excluding carboxylic acids is 1. The van der Waals surface area contributed by atoms with E-state index in [0.29, 0.717) is 46.3 Å². The molecule has 0 atom stereocenters. The Morgan fingerprint density at radius 1 is 1.11 bits per heavy atom. The van der Waals surface area contributed by atoms with Crippen LogP contribution in [-0.2, 0) is 21.1 Å². The number of carbonyl (C=O) groups is 1. The van der Waals surface area contributed by atoms with Crippen molar-refractivity contribution in [3.63, 3.8) is 0 Å². The smallest absolute Gasteiger partial charge is 0.231 e. The van der Waals surface area contributed by atoms with Crippen molar-refractivity contribution in [3.8, 4) is 11.3 Å². The molecule has 0 unspecified atom stereocenters. The van der Waals surface area contributed by atoms with Crippen molar-refractivity contribution in [2.75, 3.05) is 30.1 Å². The molecule has 192 valence electrons. The number of ketones is 1. The predicted molar refractivity (Wildman–Crippen MR) is 143 cm³/mol. The summed E-state index contributed by atoms with van der Waals surface area (Å²) in [4.78, 5) is 31.0. The molecule has 0 aliphatic carbocycles. The highest BCUT2D eigenvalue weighted by Crippen LogP contribution is 2.27. The van der Waals surface area contributed by atoms with Crippen LogP contribution in [0.25, 0.3) is 11.3 Å². The molecule has 0 fully saturated rings. The van der Waals surface area contributed by atoms with Crippen LogP contribution >= 0.6 is 11.3 Å². The summed E-state index contributed by atoms with van der Waals surface area (Å²) in [5.74, 6) is 0.720. The van der Waals surface area contributed by atoms with Crippen LogP contribution in [0.1, 0.15) is 27.9 Å².